The second kappa shape index (κ2) is 7.57. The van der Waals surface area contributed by atoms with E-state index in [0.717, 1.165) is 23.3 Å². The van der Waals surface area contributed by atoms with Crippen molar-refractivity contribution in [2.75, 3.05) is 0 Å². The number of hydrogen-bond acceptors (Lipinski definition) is 3. The van der Waals surface area contributed by atoms with E-state index in [2.05, 4.69) is 13.0 Å². The lowest BCUT2D eigenvalue weighted by Gasteiger charge is -2.14. The van der Waals surface area contributed by atoms with Gasteiger partial charge in [0.2, 0.25) is 0 Å². The van der Waals surface area contributed by atoms with Gasteiger partial charge < -0.3 is 10.5 Å². The molecule has 0 aliphatic carbocycles. The van der Waals surface area contributed by atoms with Crippen LogP contribution in [0.25, 0.3) is 0 Å². The zero-order chi connectivity index (χ0) is 15.2. The second-order valence-corrected chi connectivity index (χ2v) is 6.36. The topological polar surface area (TPSA) is 35.2 Å². The maximum Gasteiger partial charge on any atom is 0.165 e. The number of para-hydroxylation sites is 1. The van der Waals surface area contributed by atoms with Crippen LogP contribution < -0.4 is 10.5 Å². The zero-order valence-corrected chi connectivity index (χ0v) is 13.4. The van der Waals surface area contributed by atoms with Gasteiger partial charge in [0.15, 0.2) is 11.6 Å². The third-order valence-corrected chi connectivity index (χ3v) is 4.68. The standard InChI is InChI=1S/C17H22FNOS/c1-3-13(19)10-12-6-5-7-16(18)17(12)20-11-15-9-8-14(4-2)21-15/h5-9,13H,3-4,10-11,19H2,1-2H3. The van der Waals surface area contributed by atoms with E-state index < -0.39 is 0 Å². The largest absolute Gasteiger partial charge is 0.485 e. The van der Waals surface area contributed by atoms with Crippen molar-refractivity contribution in [3.63, 3.8) is 0 Å². The highest BCUT2D eigenvalue weighted by Crippen LogP contribution is 2.26. The highest BCUT2D eigenvalue weighted by atomic mass is 32.1. The van der Waals surface area contributed by atoms with Crippen LogP contribution in [0.3, 0.4) is 0 Å². The Labute approximate surface area is 129 Å². The molecular weight excluding hydrogens is 285 g/mol. The Bertz CT molecular complexity index is 582. The number of rotatable bonds is 7. The van der Waals surface area contributed by atoms with E-state index in [1.807, 2.05) is 19.1 Å². The first-order valence-corrected chi connectivity index (χ1v) is 8.19. The minimum absolute atomic E-state index is 0.0302. The van der Waals surface area contributed by atoms with Gasteiger partial charge in [0, 0.05) is 15.8 Å². The number of benzene rings is 1. The van der Waals surface area contributed by atoms with Crippen LogP contribution in [0.5, 0.6) is 5.75 Å². The van der Waals surface area contributed by atoms with Crippen LogP contribution in [0, 0.1) is 5.82 Å². The molecule has 0 aliphatic heterocycles. The molecule has 1 aromatic heterocycles. The van der Waals surface area contributed by atoms with Gasteiger partial charge in [0.1, 0.15) is 6.61 Å². The van der Waals surface area contributed by atoms with E-state index in [-0.39, 0.29) is 11.9 Å². The van der Waals surface area contributed by atoms with Gasteiger partial charge in [-0.25, -0.2) is 4.39 Å². The number of halogens is 1. The molecule has 2 N–H and O–H groups in total. The summed E-state index contributed by atoms with van der Waals surface area (Å²) < 4.78 is 19.8. The van der Waals surface area contributed by atoms with Gasteiger partial charge in [0.05, 0.1) is 0 Å². The van der Waals surface area contributed by atoms with E-state index in [0.29, 0.717) is 18.8 Å². The molecule has 0 fully saturated rings. The van der Waals surface area contributed by atoms with E-state index in [9.17, 15) is 4.39 Å². The van der Waals surface area contributed by atoms with Crippen molar-refractivity contribution in [3.05, 3.63) is 51.5 Å². The van der Waals surface area contributed by atoms with E-state index in [4.69, 9.17) is 10.5 Å². The summed E-state index contributed by atoms with van der Waals surface area (Å²) in [4.78, 5) is 2.43. The lowest BCUT2D eigenvalue weighted by Crippen LogP contribution is -2.21. The fourth-order valence-corrected chi connectivity index (χ4v) is 3.01. The molecule has 0 amide bonds. The molecule has 2 rings (SSSR count). The van der Waals surface area contributed by atoms with E-state index in [1.165, 1.54) is 10.9 Å². The van der Waals surface area contributed by atoms with Gasteiger partial charge in [-0.2, -0.15) is 0 Å². The summed E-state index contributed by atoms with van der Waals surface area (Å²) >= 11 is 1.71. The average Bonchev–Trinajstić information content (AvgIpc) is 2.94. The van der Waals surface area contributed by atoms with Crippen LogP contribution in [0.4, 0.5) is 4.39 Å². The zero-order valence-electron chi connectivity index (χ0n) is 12.6. The maximum absolute atomic E-state index is 14.0. The molecule has 21 heavy (non-hydrogen) atoms. The van der Waals surface area contributed by atoms with Crippen LogP contribution >= 0.6 is 11.3 Å². The van der Waals surface area contributed by atoms with Crippen molar-refractivity contribution >= 4 is 11.3 Å². The first-order valence-electron chi connectivity index (χ1n) is 7.37. The number of thiophene rings is 1. The Morgan fingerprint density at radius 3 is 2.62 bits per heavy atom. The van der Waals surface area contributed by atoms with Crippen molar-refractivity contribution < 1.29 is 9.13 Å². The van der Waals surface area contributed by atoms with E-state index >= 15 is 0 Å². The number of nitrogens with two attached hydrogens (primary N) is 1. The predicted octanol–water partition coefficient (Wildman–Crippen LogP) is 4.31. The molecule has 1 heterocycles. The maximum atomic E-state index is 14.0. The summed E-state index contributed by atoms with van der Waals surface area (Å²) in [6, 6.07) is 9.20. The average molecular weight is 307 g/mol. The van der Waals surface area contributed by atoms with Crippen molar-refractivity contribution in [1.82, 2.24) is 0 Å². The Balaban J connectivity index is 2.10. The van der Waals surface area contributed by atoms with Crippen molar-refractivity contribution in [1.29, 1.82) is 0 Å². The highest BCUT2D eigenvalue weighted by Gasteiger charge is 2.13. The molecular formula is C17H22FNOS. The highest BCUT2D eigenvalue weighted by molar-refractivity contribution is 7.11. The van der Waals surface area contributed by atoms with Crippen LogP contribution in [0.1, 0.15) is 35.6 Å². The Hall–Kier alpha value is -1.39. The quantitative estimate of drug-likeness (QED) is 0.827. The molecule has 0 saturated heterocycles. The number of ether oxygens (including phenoxy) is 1. The van der Waals surface area contributed by atoms with Gasteiger partial charge in [0.25, 0.3) is 0 Å². The molecule has 0 bridgehead atoms. The van der Waals surface area contributed by atoms with Gasteiger partial charge in [-0.05, 0) is 43.0 Å². The fourth-order valence-electron chi connectivity index (χ4n) is 2.14. The Kier molecular flexibility index (Phi) is 5.76. The van der Waals surface area contributed by atoms with Crippen molar-refractivity contribution in [2.45, 2.75) is 45.8 Å². The Morgan fingerprint density at radius 1 is 1.19 bits per heavy atom. The lowest BCUT2D eigenvalue weighted by atomic mass is 10.0. The summed E-state index contributed by atoms with van der Waals surface area (Å²) in [7, 11) is 0. The summed E-state index contributed by atoms with van der Waals surface area (Å²) in [6.45, 7) is 4.56. The molecule has 2 nitrogen and oxygen atoms in total. The molecule has 2 aromatic rings. The Morgan fingerprint density at radius 2 is 1.95 bits per heavy atom. The molecule has 0 spiro atoms. The molecule has 0 saturated carbocycles. The summed E-state index contributed by atoms with van der Waals surface area (Å²) in [5.41, 5.74) is 6.82. The summed E-state index contributed by atoms with van der Waals surface area (Å²) in [5.74, 6) is 0.0240. The van der Waals surface area contributed by atoms with Gasteiger partial charge >= 0.3 is 0 Å². The fraction of sp³-hybridized carbons (Fsp3) is 0.412. The normalized spacial score (nSPS) is 12.4. The predicted molar refractivity (Wildman–Crippen MR) is 86.4 cm³/mol. The minimum Gasteiger partial charge on any atom is -0.485 e. The summed E-state index contributed by atoms with van der Waals surface area (Å²) in [5, 5.41) is 0. The van der Waals surface area contributed by atoms with Crippen LogP contribution in [0.2, 0.25) is 0 Å². The molecule has 1 aromatic carbocycles. The van der Waals surface area contributed by atoms with Gasteiger partial charge in [-0.15, -0.1) is 11.3 Å². The molecule has 0 aliphatic rings. The van der Waals surface area contributed by atoms with Crippen molar-refractivity contribution in [3.8, 4) is 5.75 Å². The number of aryl methyl sites for hydroxylation is 1. The molecule has 4 heteroatoms. The van der Waals surface area contributed by atoms with Gasteiger partial charge in [-0.3, -0.25) is 0 Å². The van der Waals surface area contributed by atoms with Gasteiger partial charge in [-0.1, -0.05) is 26.0 Å². The van der Waals surface area contributed by atoms with Crippen LogP contribution in [0.15, 0.2) is 30.3 Å². The third-order valence-electron chi connectivity index (χ3n) is 3.48. The molecule has 1 unspecified atom stereocenters. The first kappa shape index (κ1) is 16.0. The monoisotopic (exact) mass is 307 g/mol. The molecule has 0 radical (unpaired) electrons. The third kappa shape index (κ3) is 4.29. The molecule has 1 atom stereocenters. The van der Waals surface area contributed by atoms with Crippen LogP contribution in [-0.2, 0) is 19.4 Å². The van der Waals surface area contributed by atoms with Crippen molar-refractivity contribution in [2.24, 2.45) is 5.73 Å². The SMILES string of the molecule is CCc1ccc(COc2c(F)cccc2CC(N)CC)s1. The second-order valence-electron chi connectivity index (χ2n) is 5.11. The van der Waals surface area contributed by atoms with Crippen LogP contribution in [-0.4, -0.2) is 6.04 Å². The molecule has 114 valence electrons. The minimum atomic E-state index is -0.317. The smallest absolute Gasteiger partial charge is 0.165 e. The van der Waals surface area contributed by atoms with E-state index in [1.54, 1.807) is 17.4 Å². The first-order chi connectivity index (χ1) is 10.1. The number of hydrogen-bond donors (Lipinski definition) is 1. The lowest BCUT2D eigenvalue weighted by molar-refractivity contribution is 0.289. The summed E-state index contributed by atoms with van der Waals surface area (Å²) in [6.07, 6.45) is 2.51.